The van der Waals surface area contributed by atoms with Crippen LogP contribution in [0.25, 0.3) is 0 Å². The molecule has 4 rings (SSSR count). The second kappa shape index (κ2) is 7.37. The molecule has 0 aliphatic carbocycles. The number of amides is 1. The molecule has 138 valence electrons. The number of benzene rings is 1. The fourth-order valence-corrected chi connectivity index (χ4v) is 3.64. The summed E-state index contributed by atoms with van der Waals surface area (Å²) in [5.74, 6) is 2.64. The van der Waals surface area contributed by atoms with Crippen LogP contribution in [0.2, 0.25) is 0 Å². The zero-order valence-corrected chi connectivity index (χ0v) is 14.9. The number of hydrogen-bond donors (Lipinski definition) is 0. The lowest BCUT2D eigenvalue weighted by Crippen LogP contribution is -2.39. The van der Waals surface area contributed by atoms with Gasteiger partial charge in [0.2, 0.25) is 6.79 Å². The molecule has 0 bridgehead atoms. The van der Waals surface area contributed by atoms with Crippen LogP contribution < -0.4 is 9.47 Å². The standard InChI is InChI=1S/C19H23N3O4/c1-24-10-9-21-8-6-20-18(21)15-3-2-7-22(12-15)19(23)14-4-5-16-17(11-14)26-13-25-16/h4-6,8,11,15H,2-3,7,9-10,12-13H2,1H3/t15-/m1/s1. The van der Waals surface area contributed by atoms with Gasteiger partial charge in [-0.1, -0.05) is 0 Å². The zero-order valence-electron chi connectivity index (χ0n) is 14.9. The van der Waals surface area contributed by atoms with Gasteiger partial charge in [-0.25, -0.2) is 4.98 Å². The van der Waals surface area contributed by atoms with E-state index >= 15 is 0 Å². The minimum atomic E-state index is 0.0306. The first-order chi connectivity index (χ1) is 12.8. The number of carbonyl (C=O) groups excluding carboxylic acids is 1. The second-order valence-corrected chi connectivity index (χ2v) is 6.63. The van der Waals surface area contributed by atoms with Crippen LogP contribution in [0.4, 0.5) is 0 Å². The largest absolute Gasteiger partial charge is 0.454 e. The highest BCUT2D eigenvalue weighted by molar-refractivity contribution is 5.95. The van der Waals surface area contributed by atoms with E-state index < -0.39 is 0 Å². The van der Waals surface area contributed by atoms with Crippen LogP contribution in [0.3, 0.4) is 0 Å². The van der Waals surface area contributed by atoms with Gasteiger partial charge >= 0.3 is 0 Å². The van der Waals surface area contributed by atoms with Gasteiger partial charge in [-0.2, -0.15) is 0 Å². The molecule has 1 atom stereocenters. The molecule has 2 aliphatic heterocycles. The molecule has 0 radical (unpaired) electrons. The summed E-state index contributed by atoms with van der Waals surface area (Å²) in [7, 11) is 1.70. The average molecular weight is 357 g/mol. The van der Waals surface area contributed by atoms with E-state index in [9.17, 15) is 4.79 Å². The number of fused-ring (bicyclic) bond motifs is 1. The highest BCUT2D eigenvalue weighted by Gasteiger charge is 2.28. The molecule has 2 aromatic rings. The second-order valence-electron chi connectivity index (χ2n) is 6.63. The lowest BCUT2D eigenvalue weighted by molar-refractivity contribution is 0.0702. The molecule has 1 fully saturated rings. The predicted octanol–water partition coefficient (Wildman–Crippen LogP) is 2.28. The van der Waals surface area contributed by atoms with Crippen molar-refractivity contribution in [3.05, 3.63) is 42.0 Å². The van der Waals surface area contributed by atoms with Gasteiger partial charge in [-0.15, -0.1) is 0 Å². The Kier molecular flexibility index (Phi) is 4.79. The molecule has 7 nitrogen and oxygen atoms in total. The highest BCUT2D eigenvalue weighted by Crippen LogP contribution is 2.33. The Morgan fingerprint density at radius 2 is 2.23 bits per heavy atom. The van der Waals surface area contributed by atoms with Gasteiger partial charge in [0, 0.05) is 50.6 Å². The molecule has 1 aromatic heterocycles. The Hall–Kier alpha value is -2.54. The molecule has 26 heavy (non-hydrogen) atoms. The predicted molar refractivity (Wildman–Crippen MR) is 94.5 cm³/mol. The summed E-state index contributed by atoms with van der Waals surface area (Å²) in [4.78, 5) is 19.4. The smallest absolute Gasteiger partial charge is 0.254 e. The maximum absolute atomic E-state index is 13.0. The summed E-state index contributed by atoms with van der Waals surface area (Å²) in [5.41, 5.74) is 0.637. The number of nitrogens with zero attached hydrogens (tertiary/aromatic N) is 3. The number of carbonyl (C=O) groups is 1. The van der Waals surface area contributed by atoms with Crippen molar-refractivity contribution in [3.63, 3.8) is 0 Å². The Balaban J connectivity index is 1.48. The molecule has 3 heterocycles. The first-order valence-electron chi connectivity index (χ1n) is 8.95. The van der Waals surface area contributed by atoms with Crippen molar-refractivity contribution in [1.29, 1.82) is 0 Å². The number of likely N-dealkylation sites (tertiary alicyclic amines) is 1. The van der Waals surface area contributed by atoms with Crippen molar-refractivity contribution in [2.75, 3.05) is 33.6 Å². The van der Waals surface area contributed by atoms with Gasteiger partial charge in [0.25, 0.3) is 5.91 Å². The van der Waals surface area contributed by atoms with Crippen LogP contribution >= 0.6 is 0 Å². The summed E-state index contributed by atoms with van der Waals surface area (Å²) < 4.78 is 18.0. The topological polar surface area (TPSA) is 65.8 Å². The minimum Gasteiger partial charge on any atom is -0.454 e. The Morgan fingerprint density at radius 3 is 3.12 bits per heavy atom. The van der Waals surface area contributed by atoms with Crippen LogP contribution in [-0.4, -0.2) is 54.0 Å². The van der Waals surface area contributed by atoms with Crippen molar-refractivity contribution in [1.82, 2.24) is 14.5 Å². The van der Waals surface area contributed by atoms with Gasteiger partial charge in [0.1, 0.15) is 5.82 Å². The van der Waals surface area contributed by atoms with Crippen LogP contribution in [0, 0.1) is 0 Å². The van der Waals surface area contributed by atoms with Crippen LogP contribution in [0.15, 0.2) is 30.6 Å². The number of hydrogen-bond acceptors (Lipinski definition) is 5. The summed E-state index contributed by atoms with van der Waals surface area (Å²) in [5, 5.41) is 0. The summed E-state index contributed by atoms with van der Waals surface area (Å²) in [6.45, 7) is 3.08. The average Bonchev–Trinajstić information content (AvgIpc) is 3.34. The highest BCUT2D eigenvalue weighted by atomic mass is 16.7. The number of piperidine rings is 1. The fraction of sp³-hybridized carbons (Fsp3) is 0.474. The third kappa shape index (κ3) is 3.26. The SMILES string of the molecule is COCCn1ccnc1[C@@H]1CCCN(C(=O)c2ccc3c(c2)OCO3)C1. The van der Waals surface area contributed by atoms with Crippen molar-refractivity contribution in [2.45, 2.75) is 25.3 Å². The van der Waals surface area contributed by atoms with Crippen LogP contribution in [0.1, 0.15) is 34.9 Å². The first kappa shape index (κ1) is 16.9. The van der Waals surface area contributed by atoms with Crippen molar-refractivity contribution < 1.29 is 19.0 Å². The summed E-state index contributed by atoms with van der Waals surface area (Å²) >= 11 is 0. The Labute approximate surface area is 152 Å². The number of imidazole rings is 1. The molecular weight excluding hydrogens is 334 g/mol. The summed E-state index contributed by atoms with van der Waals surface area (Å²) in [6, 6.07) is 5.38. The minimum absolute atomic E-state index is 0.0306. The quantitative estimate of drug-likeness (QED) is 0.821. The fourth-order valence-electron chi connectivity index (χ4n) is 3.64. The van der Waals surface area contributed by atoms with Gasteiger partial charge in [0.05, 0.1) is 6.61 Å². The van der Waals surface area contributed by atoms with Crippen LogP contribution in [-0.2, 0) is 11.3 Å². The van der Waals surface area contributed by atoms with E-state index in [1.54, 1.807) is 25.3 Å². The Morgan fingerprint density at radius 1 is 1.35 bits per heavy atom. The van der Waals surface area contributed by atoms with Crippen molar-refractivity contribution in [2.24, 2.45) is 0 Å². The molecular formula is C19H23N3O4. The zero-order chi connectivity index (χ0) is 17.9. The van der Waals surface area contributed by atoms with E-state index in [2.05, 4.69) is 9.55 Å². The number of ether oxygens (including phenoxy) is 3. The molecule has 0 unspecified atom stereocenters. The van der Waals surface area contributed by atoms with Gasteiger partial charge in [-0.05, 0) is 31.0 Å². The van der Waals surface area contributed by atoms with E-state index in [4.69, 9.17) is 14.2 Å². The van der Waals surface area contributed by atoms with Crippen molar-refractivity contribution in [3.8, 4) is 11.5 Å². The number of aromatic nitrogens is 2. The molecule has 0 spiro atoms. The van der Waals surface area contributed by atoms with E-state index in [1.165, 1.54) is 0 Å². The molecule has 0 saturated carbocycles. The van der Waals surface area contributed by atoms with Gasteiger partial charge < -0.3 is 23.7 Å². The molecule has 1 aromatic carbocycles. The van der Waals surface area contributed by atoms with E-state index in [1.807, 2.05) is 17.3 Å². The van der Waals surface area contributed by atoms with E-state index in [-0.39, 0.29) is 18.6 Å². The third-order valence-corrected chi connectivity index (χ3v) is 4.98. The summed E-state index contributed by atoms with van der Waals surface area (Å²) in [6.07, 6.45) is 5.81. The molecule has 1 saturated heterocycles. The maximum atomic E-state index is 13.0. The number of methoxy groups -OCH3 is 1. The molecule has 0 N–H and O–H groups in total. The van der Waals surface area contributed by atoms with Gasteiger partial charge in [0.15, 0.2) is 11.5 Å². The normalized spacial score (nSPS) is 19.0. The van der Waals surface area contributed by atoms with Crippen LogP contribution in [0.5, 0.6) is 11.5 Å². The first-order valence-corrected chi connectivity index (χ1v) is 8.95. The third-order valence-electron chi connectivity index (χ3n) is 4.98. The van der Waals surface area contributed by atoms with E-state index in [0.717, 1.165) is 31.8 Å². The Bertz CT molecular complexity index is 789. The van der Waals surface area contributed by atoms with Crippen molar-refractivity contribution >= 4 is 5.91 Å². The lowest BCUT2D eigenvalue weighted by atomic mass is 9.96. The van der Waals surface area contributed by atoms with E-state index in [0.29, 0.717) is 30.2 Å². The molecule has 7 heteroatoms. The number of rotatable bonds is 5. The molecule has 1 amide bonds. The molecule has 2 aliphatic rings. The van der Waals surface area contributed by atoms with Gasteiger partial charge in [-0.3, -0.25) is 4.79 Å². The maximum Gasteiger partial charge on any atom is 0.254 e. The monoisotopic (exact) mass is 357 g/mol. The lowest BCUT2D eigenvalue weighted by Gasteiger charge is -2.32.